The van der Waals surface area contributed by atoms with Gasteiger partial charge in [0.15, 0.2) is 12.1 Å². The number of likely N-dealkylation sites (N-methyl/N-ethyl adjacent to an activating group) is 1. The van der Waals surface area contributed by atoms with Crippen molar-refractivity contribution < 1.29 is 38.2 Å². The monoisotopic (exact) mass is 746 g/mol. The van der Waals surface area contributed by atoms with Crippen molar-refractivity contribution in [3.8, 4) is 0 Å². The van der Waals surface area contributed by atoms with Crippen molar-refractivity contribution >= 4 is 17.9 Å². The fourth-order valence-corrected chi connectivity index (χ4v) is 4.62. The molecule has 2 atom stereocenters. The molecule has 0 aromatic carbocycles. The quantitative estimate of drug-likeness (QED) is 0.0326. The van der Waals surface area contributed by atoms with Crippen LogP contribution in [0.4, 0.5) is 0 Å². The highest BCUT2D eigenvalue weighted by Gasteiger charge is 2.31. The second kappa shape index (κ2) is 35.5. The summed E-state index contributed by atoms with van der Waals surface area (Å²) in [6, 6.07) is -0.643. The second-order valence-electron chi connectivity index (χ2n) is 13.3. The van der Waals surface area contributed by atoms with Crippen LogP contribution in [0.1, 0.15) is 84.5 Å². The number of hydrogen-bond acceptors (Lipinski definition) is 6. The lowest BCUT2D eigenvalue weighted by atomic mass is 10.1. The van der Waals surface area contributed by atoms with Crippen LogP contribution in [0.3, 0.4) is 0 Å². The summed E-state index contributed by atoms with van der Waals surface area (Å²) in [6.45, 7) is 4.26. The minimum Gasteiger partial charge on any atom is -0.477 e. The van der Waals surface area contributed by atoms with Crippen molar-refractivity contribution in [2.75, 3.05) is 41.0 Å². The first-order valence-electron chi connectivity index (χ1n) is 19.4. The number of carbonyl (C=O) groups is 3. The second-order valence-corrected chi connectivity index (χ2v) is 13.3. The molecule has 0 saturated heterocycles. The van der Waals surface area contributed by atoms with Crippen molar-refractivity contribution in [1.82, 2.24) is 0 Å². The number of carboxylic acids is 1. The van der Waals surface area contributed by atoms with Crippen molar-refractivity contribution in [2.24, 2.45) is 0 Å². The van der Waals surface area contributed by atoms with Crippen molar-refractivity contribution in [2.45, 2.75) is 96.6 Å². The SMILES string of the molecule is CC/C=C/C=C/C=C/C=C/C=C/C=C/CCCCCC(=O)OC(COCCC(C(=O)O)[N+](C)(C)C)COC(=O)CCC/C=C/C=C/C=C/C=C/C=C/CC. The maximum absolute atomic E-state index is 12.7. The number of allylic oxidation sites excluding steroid dienone is 22. The number of hydrogen-bond donors (Lipinski definition) is 1. The van der Waals surface area contributed by atoms with Crippen LogP contribution in [0.5, 0.6) is 0 Å². The smallest absolute Gasteiger partial charge is 0.362 e. The van der Waals surface area contributed by atoms with Gasteiger partial charge in [0.25, 0.3) is 0 Å². The summed E-state index contributed by atoms with van der Waals surface area (Å²) in [5, 5.41) is 9.59. The molecule has 0 fully saturated rings. The van der Waals surface area contributed by atoms with E-state index in [1.54, 1.807) is 0 Å². The van der Waals surface area contributed by atoms with Gasteiger partial charge in [-0.2, -0.15) is 0 Å². The average molecular weight is 747 g/mol. The van der Waals surface area contributed by atoms with Gasteiger partial charge in [0.05, 0.1) is 34.4 Å². The van der Waals surface area contributed by atoms with Gasteiger partial charge in [-0.1, -0.05) is 154 Å². The van der Waals surface area contributed by atoms with Crippen LogP contribution in [-0.2, 0) is 28.6 Å². The number of aliphatic carboxylic acids is 1. The molecule has 0 spiro atoms. The summed E-state index contributed by atoms with van der Waals surface area (Å²) in [7, 11) is 5.46. The van der Waals surface area contributed by atoms with Gasteiger partial charge in [0.2, 0.25) is 0 Å². The average Bonchev–Trinajstić information content (AvgIpc) is 3.12. The molecule has 8 heteroatoms. The van der Waals surface area contributed by atoms with E-state index in [0.29, 0.717) is 19.3 Å². The number of carbonyl (C=O) groups excluding carboxylic acids is 2. The van der Waals surface area contributed by atoms with E-state index in [2.05, 4.69) is 32.1 Å². The summed E-state index contributed by atoms with van der Waals surface area (Å²) < 4.78 is 17.1. The molecule has 298 valence electrons. The Labute approximate surface area is 326 Å². The normalized spacial score (nSPS) is 14.5. The minimum absolute atomic E-state index is 0.00866. The predicted molar refractivity (Wildman–Crippen MR) is 224 cm³/mol. The maximum Gasteiger partial charge on any atom is 0.362 e. The fraction of sp³-hybridized carbons (Fsp3) is 0.457. The molecule has 0 saturated carbocycles. The molecule has 0 radical (unpaired) electrons. The standard InChI is InChI=1S/C46H67NO7/c1-6-8-10-12-14-16-18-20-21-22-23-25-27-29-31-33-35-37-45(49)54-42(40-52-39-38-43(46(50)51)47(3,4)5)41-53-44(48)36-34-32-30-28-26-24-19-17-15-13-11-9-7-2/h8-28,30,42-43H,6-7,29,31-41H2,1-5H3/p+1/b10-8+,11-9+,14-12+,15-13+,18-16+,19-17+,21-20+,23-22+,26-24+,27-25+,30-28+. The van der Waals surface area contributed by atoms with Gasteiger partial charge in [-0.25, -0.2) is 4.79 Å². The molecule has 0 aliphatic carbocycles. The molecule has 1 N–H and O–H groups in total. The molecule has 0 bridgehead atoms. The van der Waals surface area contributed by atoms with E-state index >= 15 is 0 Å². The summed E-state index contributed by atoms with van der Waals surface area (Å²) in [5.41, 5.74) is 0. The van der Waals surface area contributed by atoms with E-state index in [4.69, 9.17) is 14.2 Å². The number of unbranched alkanes of at least 4 members (excludes halogenated alkanes) is 4. The number of carboxylic acid groups (broad SMARTS) is 1. The third-order valence-electron chi connectivity index (χ3n) is 7.58. The zero-order valence-corrected chi connectivity index (χ0v) is 33.6. The summed E-state index contributed by atoms with van der Waals surface area (Å²) in [6.07, 6.45) is 50.8. The Morgan fingerprint density at radius 2 is 1.00 bits per heavy atom. The van der Waals surface area contributed by atoms with Crippen molar-refractivity contribution in [3.63, 3.8) is 0 Å². The molecular weight excluding hydrogens is 679 g/mol. The molecular formula is C46H68NO7+. The molecule has 8 nitrogen and oxygen atoms in total. The highest BCUT2D eigenvalue weighted by molar-refractivity contribution is 5.72. The van der Waals surface area contributed by atoms with Gasteiger partial charge in [0.1, 0.15) is 6.61 Å². The van der Waals surface area contributed by atoms with E-state index < -0.39 is 18.1 Å². The third kappa shape index (κ3) is 33.3. The van der Waals surface area contributed by atoms with Gasteiger partial charge in [0, 0.05) is 19.3 Å². The molecule has 0 aromatic heterocycles. The van der Waals surface area contributed by atoms with Gasteiger partial charge in [-0.05, 0) is 44.9 Å². The minimum atomic E-state index is -0.901. The number of ether oxygens (including phenoxy) is 3. The number of nitrogens with zero attached hydrogens (tertiary/aromatic N) is 1. The van der Waals surface area contributed by atoms with Crippen molar-refractivity contribution in [3.05, 3.63) is 134 Å². The number of quaternary nitrogens is 1. The van der Waals surface area contributed by atoms with E-state index in [0.717, 1.165) is 38.5 Å². The Bertz CT molecular complexity index is 1330. The number of esters is 2. The zero-order valence-electron chi connectivity index (χ0n) is 33.6. The lowest BCUT2D eigenvalue weighted by Crippen LogP contribution is -2.50. The van der Waals surface area contributed by atoms with Crippen LogP contribution < -0.4 is 0 Å². The largest absolute Gasteiger partial charge is 0.477 e. The van der Waals surface area contributed by atoms with E-state index in [1.807, 2.05) is 137 Å². The zero-order chi connectivity index (χ0) is 40.0. The van der Waals surface area contributed by atoms with Crippen molar-refractivity contribution in [1.29, 1.82) is 0 Å². The molecule has 0 aromatic rings. The Morgan fingerprint density at radius 3 is 1.46 bits per heavy atom. The lowest BCUT2D eigenvalue weighted by molar-refractivity contribution is -0.887. The lowest BCUT2D eigenvalue weighted by Gasteiger charge is -2.31. The molecule has 0 amide bonds. The molecule has 0 aliphatic rings. The van der Waals surface area contributed by atoms with Gasteiger partial charge >= 0.3 is 17.9 Å². The van der Waals surface area contributed by atoms with E-state index in [-0.39, 0.29) is 49.1 Å². The Kier molecular flexibility index (Phi) is 32.5. The van der Waals surface area contributed by atoms with Crippen LogP contribution in [-0.4, -0.2) is 80.6 Å². The van der Waals surface area contributed by atoms with Crippen LogP contribution in [0.25, 0.3) is 0 Å². The number of rotatable bonds is 31. The molecule has 54 heavy (non-hydrogen) atoms. The van der Waals surface area contributed by atoms with E-state index in [9.17, 15) is 19.5 Å². The first-order valence-corrected chi connectivity index (χ1v) is 19.4. The first kappa shape index (κ1) is 49.5. The summed E-state index contributed by atoms with van der Waals surface area (Å²) in [4.78, 5) is 36.8. The predicted octanol–water partition coefficient (Wildman–Crippen LogP) is 10.1. The van der Waals surface area contributed by atoms with Crippen LogP contribution >= 0.6 is 0 Å². The molecule has 0 aliphatic heterocycles. The first-order chi connectivity index (χ1) is 26.1. The van der Waals surface area contributed by atoms with E-state index in [1.165, 1.54) is 0 Å². The van der Waals surface area contributed by atoms with Crippen LogP contribution in [0, 0.1) is 0 Å². The van der Waals surface area contributed by atoms with Gasteiger partial charge in [-0.15, -0.1) is 0 Å². The van der Waals surface area contributed by atoms with Crippen LogP contribution in [0.15, 0.2) is 134 Å². The Balaban J connectivity index is 4.68. The molecule has 2 unspecified atom stereocenters. The summed E-state index contributed by atoms with van der Waals surface area (Å²) >= 11 is 0. The van der Waals surface area contributed by atoms with Crippen LogP contribution in [0.2, 0.25) is 0 Å². The fourth-order valence-electron chi connectivity index (χ4n) is 4.62. The Hall–Kier alpha value is -4.53. The van der Waals surface area contributed by atoms with Gasteiger partial charge < -0.3 is 23.8 Å². The molecule has 0 rings (SSSR count). The maximum atomic E-state index is 12.7. The Morgan fingerprint density at radius 1 is 0.556 bits per heavy atom. The highest BCUT2D eigenvalue weighted by atomic mass is 16.6. The molecule has 0 heterocycles. The summed E-state index contributed by atoms with van der Waals surface area (Å²) in [5.74, 6) is -1.65. The topological polar surface area (TPSA) is 99.1 Å². The van der Waals surface area contributed by atoms with Gasteiger partial charge in [-0.3, -0.25) is 9.59 Å². The highest BCUT2D eigenvalue weighted by Crippen LogP contribution is 2.11. The third-order valence-corrected chi connectivity index (χ3v) is 7.58.